The molecular formula is C12H13ClN2O2S2. The van der Waals surface area contributed by atoms with Crippen LogP contribution in [0.2, 0.25) is 5.02 Å². The standard InChI is InChI=1S/C12H13ClN2O2S2/c1-18-12(4-5-12)8-15-19(16,17)11-3-2-9(7-14)6-10(11)13/h2-3,6,15H,4-5,8H2,1H3. The van der Waals surface area contributed by atoms with E-state index in [0.717, 1.165) is 12.8 Å². The van der Waals surface area contributed by atoms with Crippen molar-refractivity contribution < 1.29 is 8.42 Å². The van der Waals surface area contributed by atoms with E-state index in [9.17, 15) is 8.42 Å². The van der Waals surface area contributed by atoms with Crippen LogP contribution in [0.25, 0.3) is 0 Å². The van der Waals surface area contributed by atoms with Crippen molar-refractivity contribution in [2.45, 2.75) is 22.5 Å². The molecule has 1 aliphatic rings. The molecule has 1 aliphatic carbocycles. The van der Waals surface area contributed by atoms with E-state index < -0.39 is 10.0 Å². The van der Waals surface area contributed by atoms with E-state index in [1.165, 1.54) is 18.2 Å². The molecule has 0 aliphatic heterocycles. The van der Waals surface area contributed by atoms with Gasteiger partial charge in [-0.15, -0.1) is 0 Å². The fourth-order valence-corrected chi connectivity index (χ4v) is 4.17. The van der Waals surface area contributed by atoms with Crippen LogP contribution in [0.4, 0.5) is 0 Å². The van der Waals surface area contributed by atoms with Crippen LogP contribution in [0.5, 0.6) is 0 Å². The maximum atomic E-state index is 12.2. The summed E-state index contributed by atoms with van der Waals surface area (Å²) in [6.07, 6.45) is 4.03. The Bertz CT molecular complexity index is 634. The average molecular weight is 317 g/mol. The topological polar surface area (TPSA) is 70.0 Å². The lowest BCUT2D eigenvalue weighted by Crippen LogP contribution is -2.31. The predicted octanol–water partition coefficient (Wildman–Crippen LogP) is 2.39. The molecule has 1 fully saturated rings. The number of hydrogen-bond donors (Lipinski definition) is 1. The normalized spacial score (nSPS) is 16.9. The van der Waals surface area contributed by atoms with Crippen molar-refractivity contribution in [2.75, 3.05) is 12.8 Å². The minimum Gasteiger partial charge on any atom is -0.210 e. The van der Waals surface area contributed by atoms with Gasteiger partial charge in [0.15, 0.2) is 0 Å². The fraction of sp³-hybridized carbons (Fsp3) is 0.417. The van der Waals surface area contributed by atoms with Crippen LogP contribution in [0.15, 0.2) is 23.1 Å². The molecule has 4 nitrogen and oxygen atoms in total. The first kappa shape index (κ1) is 14.7. The lowest BCUT2D eigenvalue weighted by molar-refractivity contribution is 0.580. The average Bonchev–Trinajstić information content (AvgIpc) is 3.17. The van der Waals surface area contributed by atoms with E-state index >= 15 is 0 Å². The number of sulfonamides is 1. The van der Waals surface area contributed by atoms with Crippen molar-refractivity contribution >= 4 is 33.4 Å². The van der Waals surface area contributed by atoms with E-state index in [4.69, 9.17) is 16.9 Å². The second-order valence-corrected chi connectivity index (χ2v) is 7.89. The first-order valence-electron chi connectivity index (χ1n) is 5.67. The van der Waals surface area contributed by atoms with Crippen molar-refractivity contribution in [2.24, 2.45) is 0 Å². The Morgan fingerprint density at radius 2 is 2.21 bits per heavy atom. The first-order chi connectivity index (χ1) is 8.92. The number of nitriles is 1. The van der Waals surface area contributed by atoms with Gasteiger partial charge in [-0.1, -0.05) is 11.6 Å². The Morgan fingerprint density at radius 3 is 2.68 bits per heavy atom. The zero-order chi connectivity index (χ0) is 14.1. The number of thioether (sulfide) groups is 1. The molecule has 0 amide bonds. The number of nitrogens with one attached hydrogen (secondary N) is 1. The third-order valence-electron chi connectivity index (χ3n) is 3.18. The Morgan fingerprint density at radius 1 is 1.53 bits per heavy atom. The fourth-order valence-electron chi connectivity index (χ4n) is 1.69. The molecular weight excluding hydrogens is 304 g/mol. The molecule has 0 aromatic heterocycles. The van der Waals surface area contributed by atoms with Crippen molar-refractivity contribution in [3.63, 3.8) is 0 Å². The van der Waals surface area contributed by atoms with Gasteiger partial charge in [0.05, 0.1) is 16.7 Å². The zero-order valence-electron chi connectivity index (χ0n) is 10.3. The molecule has 0 heterocycles. The molecule has 19 heavy (non-hydrogen) atoms. The largest absolute Gasteiger partial charge is 0.242 e. The monoisotopic (exact) mass is 316 g/mol. The summed E-state index contributed by atoms with van der Waals surface area (Å²) >= 11 is 7.60. The molecule has 0 atom stereocenters. The molecule has 0 unspecified atom stereocenters. The number of rotatable bonds is 5. The lowest BCUT2D eigenvalue weighted by atomic mass is 10.2. The zero-order valence-corrected chi connectivity index (χ0v) is 12.7. The van der Waals surface area contributed by atoms with Crippen LogP contribution in [-0.2, 0) is 10.0 Å². The van der Waals surface area contributed by atoms with E-state index in [1.807, 2.05) is 12.3 Å². The minimum absolute atomic E-state index is 0.0186. The second kappa shape index (κ2) is 5.33. The second-order valence-electron chi connectivity index (χ2n) is 4.47. The van der Waals surface area contributed by atoms with Gasteiger partial charge in [-0.3, -0.25) is 0 Å². The summed E-state index contributed by atoms with van der Waals surface area (Å²) in [5, 5.41) is 8.80. The van der Waals surface area contributed by atoms with Gasteiger partial charge >= 0.3 is 0 Å². The summed E-state index contributed by atoms with van der Waals surface area (Å²) < 4.78 is 26.9. The number of benzene rings is 1. The van der Waals surface area contributed by atoms with E-state index in [-0.39, 0.29) is 14.7 Å². The molecule has 0 spiro atoms. The van der Waals surface area contributed by atoms with Crippen LogP contribution in [0.1, 0.15) is 18.4 Å². The van der Waals surface area contributed by atoms with Gasteiger partial charge in [0.1, 0.15) is 4.90 Å². The quantitative estimate of drug-likeness (QED) is 0.905. The molecule has 102 valence electrons. The smallest absolute Gasteiger partial charge is 0.210 e. The van der Waals surface area contributed by atoms with Crippen molar-refractivity contribution in [3.8, 4) is 6.07 Å². The number of hydrogen-bond acceptors (Lipinski definition) is 4. The van der Waals surface area contributed by atoms with Gasteiger partial charge in [0.2, 0.25) is 10.0 Å². The summed E-state index contributed by atoms with van der Waals surface area (Å²) in [5.41, 5.74) is 0.340. The third kappa shape index (κ3) is 3.23. The summed E-state index contributed by atoms with van der Waals surface area (Å²) in [7, 11) is -3.62. The number of nitrogens with zero attached hydrogens (tertiary/aromatic N) is 1. The van der Waals surface area contributed by atoms with Crippen molar-refractivity contribution in [1.29, 1.82) is 5.26 Å². The van der Waals surface area contributed by atoms with E-state index in [2.05, 4.69) is 4.72 Å². The molecule has 1 aromatic carbocycles. The summed E-state index contributed by atoms with van der Waals surface area (Å²) in [5.74, 6) is 0. The summed E-state index contributed by atoms with van der Waals surface area (Å²) in [6.45, 7) is 0.410. The predicted molar refractivity (Wildman–Crippen MR) is 76.8 cm³/mol. The highest BCUT2D eigenvalue weighted by molar-refractivity contribution is 8.00. The van der Waals surface area contributed by atoms with Crippen LogP contribution < -0.4 is 4.72 Å². The van der Waals surface area contributed by atoms with Crippen LogP contribution in [0.3, 0.4) is 0 Å². The molecule has 2 rings (SSSR count). The molecule has 0 saturated heterocycles. The summed E-state index contributed by atoms with van der Waals surface area (Å²) in [6, 6.07) is 6.09. The van der Waals surface area contributed by atoms with Crippen molar-refractivity contribution in [1.82, 2.24) is 4.72 Å². The maximum absolute atomic E-state index is 12.2. The highest BCUT2D eigenvalue weighted by Gasteiger charge is 2.42. The highest BCUT2D eigenvalue weighted by atomic mass is 35.5. The van der Waals surface area contributed by atoms with Crippen LogP contribution in [-0.4, -0.2) is 26.0 Å². The van der Waals surface area contributed by atoms with E-state index in [1.54, 1.807) is 11.8 Å². The van der Waals surface area contributed by atoms with Gasteiger partial charge < -0.3 is 0 Å². The molecule has 1 N–H and O–H groups in total. The SMILES string of the molecule is CSC1(CNS(=O)(=O)c2ccc(C#N)cc2Cl)CC1. The first-order valence-corrected chi connectivity index (χ1v) is 8.75. The molecule has 0 radical (unpaired) electrons. The lowest BCUT2D eigenvalue weighted by Gasteiger charge is -2.14. The Hall–Kier alpha value is -0.740. The molecule has 7 heteroatoms. The summed E-state index contributed by atoms with van der Waals surface area (Å²) in [4.78, 5) is 0.0186. The van der Waals surface area contributed by atoms with Gasteiger partial charge in [0, 0.05) is 11.3 Å². The van der Waals surface area contributed by atoms with Crippen molar-refractivity contribution in [3.05, 3.63) is 28.8 Å². The van der Waals surface area contributed by atoms with Gasteiger partial charge in [-0.2, -0.15) is 17.0 Å². The van der Waals surface area contributed by atoms with Crippen LogP contribution in [0, 0.1) is 11.3 Å². The van der Waals surface area contributed by atoms with Gasteiger partial charge in [0.25, 0.3) is 0 Å². The third-order valence-corrected chi connectivity index (χ3v) is 6.48. The molecule has 0 bridgehead atoms. The van der Waals surface area contributed by atoms with E-state index in [0.29, 0.717) is 12.1 Å². The van der Waals surface area contributed by atoms with Gasteiger partial charge in [-0.05, 0) is 37.3 Å². The molecule has 1 aromatic rings. The highest BCUT2D eigenvalue weighted by Crippen LogP contribution is 2.46. The van der Waals surface area contributed by atoms with Gasteiger partial charge in [-0.25, -0.2) is 13.1 Å². The Balaban J connectivity index is 2.18. The minimum atomic E-state index is -3.62. The van der Waals surface area contributed by atoms with Crippen LogP contribution >= 0.6 is 23.4 Å². The maximum Gasteiger partial charge on any atom is 0.242 e. The molecule has 1 saturated carbocycles. The number of halogens is 1. The Labute approximate surface area is 122 Å². The Kier molecular flexibility index (Phi) is 4.11.